The van der Waals surface area contributed by atoms with Gasteiger partial charge in [-0.2, -0.15) is 0 Å². The molecule has 6 heteroatoms. The van der Waals surface area contributed by atoms with Crippen LogP contribution in [0.15, 0.2) is 12.2 Å². The molecule has 1 amide bonds. The molecule has 6 nitrogen and oxygen atoms in total. The molecule has 0 aliphatic carbocycles. The van der Waals surface area contributed by atoms with E-state index in [0.29, 0.717) is 0 Å². The van der Waals surface area contributed by atoms with Gasteiger partial charge in [0.25, 0.3) is 5.91 Å². The molecule has 0 rings (SSSR count). The van der Waals surface area contributed by atoms with Gasteiger partial charge in [0.2, 0.25) is 5.78 Å². The van der Waals surface area contributed by atoms with Gasteiger partial charge in [-0.15, -0.1) is 0 Å². The summed E-state index contributed by atoms with van der Waals surface area (Å²) in [6.45, 7) is 7.38. The molecule has 1 atom stereocenters. The fraction of sp³-hybridized carbons (Fsp3) is 0.571. The number of carbonyl (C=O) groups excluding carboxylic acids is 4. The van der Waals surface area contributed by atoms with Gasteiger partial charge >= 0.3 is 5.97 Å². The number of esters is 1. The van der Waals surface area contributed by atoms with Gasteiger partial charge in [0.15, 0.2) is 5.78 Å². The van der Waals surface area contributed by atoms with Gasteiger partial charge in [-0.25, -0.2) is 4.79 Å². The number of hydrogen-bond acceptors (Lipinski definition) is 5. The van der Waals surface area contributed by atoms with E-state index >= 15 is 0 Å². The second-order valence-corrected chi connectivity index (χ2v) is 5.37. The van der Waals surface area contributed by atoms with E-state index in [1.54, 1.807) is 33.8 Å². The van der Waals surface area contributed by atoms with E-state index in [0.717, 1.165) is 0 Å². The summed E-state index contributed by atoms with van der Waals surface area (Å²) in [6.07, 6.45) is 2.93. The topological polar surface area (TPSA) is 89.5 Å². The Bertz CT molecular complexity index is 431. The average Bonchev–Trinajstić information content (AvgIpc) is 2.33. The number of hydrogen-bond donors (Lipinski definition) is 1. The highest BCUT2D eigenvalue weighted by Gasteiger charge is 2.31. The Kier molecular flexibility index (Phi) is 6.82. The zero-order valence-corrected chi connectivity index (χ0v) is 12.5. The van der Waals surface area contributed by atoms with E-state index in [2.05, 4.69) is 5.32 Å². The van der Waals surface area contributed by atoms with Crippen molar-refractivity contribution in [1.29, 1.82) is 0 Å². The van der Waals surface area contributed by atoms with E-state index in [-0.39, 0.29) is 12.4 Å². The maximum absolute atomic E-state index is 11.8. The number of nitrogens with one attached hydrogen (secondary N) is 1. The molecular weight excluding hydrogens is 262 g/mol. The third kappa shape index (κ3) is 6.26. The van der Waals surface area contributed by atoms with Crippen LogP contribution in [0.4, 0.5) is 0 Å². The number of Topliss-reactive ketones (excluding diaryl/α,β-unsaturated/α-hetero) is 2. The van der Waals surface area contributed by atoms with Crippen molar-refractivity contribution in [3.63, 3.8) is 0 Å². The number of rotatable bonds is 6. The van der Waals surface area contributed by atoms with Crippen molar-refractivity contribution in [1.82, 2.24) is 5.32 Å². The summed E-state index contributed by atoms with van der Waals surface area (Å²) in [5, 5.41) is 2.29. The summed E-state index contributed by atoms with van der Waals surface area (Å²) in [4.78, 5) is 45.9. The number of ether oxygens (including phenoxy) is 1. The first-order valence-corrected chi connectivity index (χ1v) is 6.23. The number of ketones is 2. The Morgan fingerprint density at radius 3 is 2.15 bits per heavy atom. The fourth-order valence-corrected chi connectivity index (χ4v) is 1.19. The van der Waals surface area contributed by atoms with Crippen molar-refractivity contribution < 1.29 is 23.9 Å². The van der Waals surface area contributed by atoms with Gasteiger partial charge in [0, 0.05) is 5.41 Å². The molecule has 112 valence electrons. The summed E-state index contributed by atoms with van der Waals surface area (Å²) in [6, 6.07) is -1.09. The second kappa shape index (κ2) is 7.57. The quantitative estimate of drug-likeness (QED) is 0.442. The average molecular weight is 283 g/mol. The Morgan fingerprint density at radius 1 is 1.20 bits per heavy atom. The molecule has 0 aliphatic heterocycles. The van der Waals surface area contributed by atoms with Crippen LogP contribution < -0.4 is 5.32 Å². The van der Waals surface area contributed by atoms with Gasteiger partial charge in [0.05, 0.1) is 0 Å². The lowest BCUT2D eigenvalue weighted by Crippen LogP contribution is -2.46. The fourth-order valence-electron chi connectivity index (χ4n) is 1.19. The lowest BCUT2D eigenvalue weighted by atomic mass is 9.90. The van der Waals surface area contributed by atoms with Crippen molar-refractivity contribution in [3.05, 3.63) is 12.2 Å². The predicted molar refractivity (Wildman–Crippen MR) is 72.8 cm³/mol. The van der Waals surface area contributed by atoms with E-state index in [1.807, 2.05) is 0 Å². The van der Waals surface area contributed by atoms with Crippen LogP contribution in [0.3, 0.4) is 0 Å². The first-order valence-electron chi connectivity index (χ1n) is 6.23. The third-order valence-electron chi connectivity index (χ3n) is 2.23. The molecular formula is C14H21NO5. The molecule has 1 unspecified atom stereocenters. The van der Waals surface area contributed by atoms with Gasteiger partial charge in [-0.1, -0.05) is 32.9 Å². The molecule has 0 saturated heterocycles. The molecule has 0 aromatic carbocycles. The number of amides is 1. The van der Waals surface area contributed by atoms with Crippen LogP contribution in [0.1, 0.15) is 34.6 Å². The Hall–Kier alpha value is -1.98. The minimum Gasteiger partial charge on any atom is -0.456 e. The van der Waals surface area contributed by atoms with Crippen molar-refractivity contribution >= 4 is 23.4 Å². The highest BCUT2D eigenvalue weighted by molar-refractivity contribution is 6.38. The summed E-state index contributed by atoms with van der Waals surface area (Å²) in [7, 11) is 0. The van der Waals surface area contributed by atoms with Gasteiger partial charge in [-0.3, -0.25) is 14.4 Å². The lowest BCUT2D eigenvalue weighted by Gasteiger charge is -2.18. The Balaban J connectivity index is 4.79. The molecule has 0 bridgehead atoms. The van der Waals surface area contributed by atoms with Crippen molar-refractivity contribution in [3.8, 4) is 0 Å². The summed E-state index contributed by atoms with van der Waals surface area (Å²) >= 11 is 0. The van der Waals surface area contributed by atoms with E-state index in [9.17, 15) is 19.2 Å². The smallest absolute Gasteiger partial charge is 0.333 e. The highest BCUT2D eigenvalue weighted by atomic mass is 16.5. The molecule has 0 saturated carbocycles. The van der Waals surface area contributed by atoms with E-state index < -0.39 is 29.1 Å². The van der Waals surface area contributed by atoms with Gasteiger partial charge in [0.1, 0.15) is 12.6 Å². The van der Waals surface area contributed by atoms with Crippen molar-refractivity contribution in [2.45, 2.75) is 40.7 Å². The zero-order valence-electron chi connectivity index (χ0n) is 12.5. The number of carbonyl (C=O) groups is 4. The van der Waals surface area contributed by atoms with Crippen LogP contribution in [-0.4, -0.2) is 36.1 Å². The minimum atomic E-state index is -1.09. The Morgan fingerprint density at radius 2 is 1.75 bits per heavy atom. The first-order chi connectivity index (χ1) is 9.09. The summed E-state index contributed by atoms with van der Waals surface area (Å²) in [5.74, 6) is -2.59. The second-order valence-electron chi connectivity index (χ2n) is 5.37. The minimum absolute atomic E-state index is 0.310. The molecule has 1 N–H and O–H groups in total. The van der Waals surface area contributed by atoms with Crippen LogP contribution in [-0.2, 0) is 23.9 Å². The molecule has 0 aromatic rings. The molecule has 0 radical (unpaired) electrons. The van der Waals surface area contributed by atoms with Crippen LogP contribution in [0.2, 0.25) is 0 Å². The third-order valence-corrected chi connectivity index (χ3v) is 2.23. The highest BCUT2D eigenvalue weighted by Crippen LogP contribution is 2.14. The summed E-state index contributed by atoms with van der Waals surface area (Å²) in [5.41, 5.74) is -0.839. The zero-order chi connectivity index (χ0) is 15.9. The van der Waals surface area contributed by atoms with Crippen LogP contribution >= 0.6 is 0 Å². The Labute approximate surface area is 118 Å². The SMILES string of the molecule is CC=CC(NC(=O)C(=O)C(C)(C)C)C(=O)OCC(C)=O. The van der Waals surface area contributed by atoms with E-state index in [1.165, 1.54) is 13.0 Å². The number of allylic oxidation sites excluding steroid dienone is 1. The molecule has 0 fully saturated rings. The normalized spacial score (nSPS) is 12.8. The molecule has 0 spiro atoms. The standard InChI is InChI=1S/C14H21NO5/c1-6-7-10(13(19)20-8-9(2)16)15-12(18)11(17)14(3,4)5/h6-7,10H,8H2,1-5H3,(H,15,18). The molecule has 0 heterocycles. The van der Waals surface area contributed by atoms with Crippen molar-refractivity contribution in [2.75, 3.05) is 6.61 Å². The van der Waals surface area contributed by atoms with E-state index in [4.69, 9.17) is 4.74 Å². The largest absolute Gasteiger partial charge is 0.456 e. The molecule has 20 heavy (non-hydrogen) atoms. The van der Waals surface area contributed by atoms with Crippen LogP contribution in [0, 0.1) is 5.41 Å². The predicted octanol–water partition coefficient (Wildman–Crippen LogP) is 0.795. The molecule has 0 aromatic heterocycles. The lowest BCUT2D eigenvalue weighted by molar-refractivity contribution is -0.150. The van der Waals surface area contributed by atoms with Gasteiger partial charge in [-0.05, 0) is 13.8 Å². The van der Waals surface area contributed by atoms with Crippen LogP contribution in [0.5, 0.6) is 0 Å². The van der Waals surface area contributed by atoms with Gasteiger partial charge < -0.3 is 10.1 Å². The van der Waals surface area contributed by atoms with Crippen molar-refractivity contribution in [2.24, 2.45) is 5.41 Å². The summed E-state index contributed by atoms with van der Waals surface area (Å²) < 4.78 is 4.72. The monoisotopic (exact) mass is 283 g/mol. The first kappa shape index (κ1) is 18.0. The maximum Gasteiger partial charge on any atom is 0.333 e. The maximum atomic E-state index is 11.8. The van der Waals surface area contributed by atoms with Crippen LogP contribution in [0.25, 0.3) is 0 Å². The molecule has 0 aliphatic rings.